The summed E-state index contributed by atoms with van der Waals surface area (Å²) < 4.78 is 43.5. The van der Waals surface area contributed by atoms with Crippen molar-refractivity contribution in [1.82, 2.24) is 4.31 Å². The van der Waals surface area contributed by atoms with E-state index in [1.165, 1.54) is 23.5 Å². The summed E-state index contributed by atoms with van der Waals surface area (Å²) in [5, 5.41) is 0.279. The highest BCUT2D eigenvalue weighted by molar-refractivity contribution is 7.89. The fourth-order valence-electron chi connectivity index (χ4n) is 2.93. The zero-order valence-corrected chi connectivity index (χ0v) is 14.5. The van der Waals surface area contributed by atoms with E-state index in [4.69, 9.17) is 25.8 Å². The Hall–Kier alpha value is -0.860. The Labute approximate surface area is 141 Å². The van der Waals surface area contributed by atoms with Crippen molar-refractivity contribution in [3.8, 4) is 5.75 Å². The lowest BCUT2D eigenvalue weighted by Gasteiger charge is -2.42. The summed E-state index contributed by atoms with van der Waals surface area (Å²) >= 11 is 6.04. The van der Waals surface area contributed by atoms with Crippen LogP contribution in [0.25, 0.3) is 0 Å². The molecule has 2 heterocycles. The van der Waals surface area contributed by atoms with Gasteiger partial charge in [-0.25, -0.2) is 8.42 Å². The molecule has 8 heteroatoms. The molecule has 2 aliphatic rings. The molecule has 0 aliphatic carbocycles. The first kappa shape index (κ1) is 17.0. The molecule has 1 aromatic rings. The SMILES string of the molecule is COc1ccc(S(=O)(=O)N2CCC3(CC2)OCCCO3)cc1Cl. The van der Waals surface area contributed by atoms with E-state index in [0.29, 0.717) is 44.9 Å². The van der Waals surface area contributed by atoms with Crippen molar-refractivity contribution in [1.29, 1.82) is 0 Å². The number of sulfonamides is 1. The maximum atomic E-state index is 12.8. The van der Waals surface area contributed by atoms with Gasteiger partial charge in [-0.1, -0.05) is 11.6 Å². The zero-order valence-electron chi connectivity index (χ0n) is 13.0. The van der Waals surface area contributed by atoms with Gasteiger partial charge in [-0.3, -0.25) is 0 Å². The molecule has 2 saturated heterocycles. The highest BCUT2D eigenvalue weighted by Gasteiger charge is 2.41. The molecule has 2 aliphatic heterocycles. The van der Waals surface area contributed by atoms with Gasteiger partial charge >= 0.3 is 0 Å². The summed E-state index contributed by atoms with van der Waals surface area (Å²) in [5.74, 6) is -0.158. The van der Waals surface area contributed by atoms with Crippen LogP contribution in [0.2, 0.25) is 5.02 Å². The third-order valence-electron chi connectivity index (χ3n) is 4.26. The van der Waals surface area contributed by atoms with Crippen LogP contribution >= 0.6 is 11.6 Å². The number of nitrogens with zero attached hydrogens (tertiary/aromatic N) is 1. The first-order valence-electron chi connectivity index (χ1n) is 7.58. The van der Waals surface area contributed by atoms with E-state index in [1.807, 2.05) is 0 Å². The maximum absolute atomic E-state index is 12.8. The van der Waals surface area contributed by atoms with Crippen LogP contribution in [0.3, 0.4) is 0 Å². The van der Waals surface area contributed by atoms with Gasteiger partial charge in [0, 0.05) is 25.9 Å². The van der Waals surface area contributed by atoms with Crippen LogP contribution in [0.5, 0.6) is 5.75 Å². The van der Waals surface area contributed by atoms with E-state index >= 15 is 0 Å². The number of rotatable bonds is 3. The largest absolute Gasteiger partial charge is 0.495 e. The highest BCUT2D eigenvalue weighted by atomic mass is 35.5. The minimum atomic E-state index is -3.58. The summed E-state index contributed by atoms with van der Waals surface area (Å²) in [6.45, 7) is 2.07. The number of halogens is 1. The lowest BCUT2D eigenvalue weighted by atomic mass is 10.0. The smallest absolute Gasteiger partial charge is 0.243 e. The third-order valence-corrected chi connectivity index (χ3v) is 6.45. The Balaban J connectivity index is 1.75. The molecule has 23 heavy (non-hydrogen) atoms. The van der Waals surface area contributed by atoms with Gasteiger partial charge < -0.3 is 14.2 Å². The lowest BCUT2D eigenvalue weighted by molar-refractivity contribution is -0.280. The number of benzene rings is 1. The fraction of sp³-hybridized carbons (Fsp3) is 0.600. The van der Waals surface area contributed by atoms with Crippen molar-refractivity contribution in [2.24, 2.45) is 0 Å². The van der Waals surface area contributed by atoms with Gasteiger partial charge in [-0.15, -0.1) is 0 Å². The van der Waals surface area contributed by atoms with Crippen molar-refractivity contribution >= 4 is 21.6 Å². The first-order chi connectivity index (χ1) is 11.0. The van der Waals surface area contributed by atoms with Gasteiger partial charge in [-0.05, 0) is 24.6 Å². The standard InChI is InChI=1S/C15H20ClNO5S/c1-20-14-4-3-12(11-13(14)16)23(18,19)17-7-5-15(6-8-17)21-9-2-10-22-15/h3-4,11H,2,5-10H2,1H3. The Kier molecular flexibility index (Phi) is 4.85. The van der Waals surface area contributed by atoms with Crippen LogP contribution in [0, 0.1) is 0 Å². The molecule has 0 radical (unpaired) electrons. The predicted molar refractivity (Wildman–Crippen MR) is 85.2 cm³/mol. The van der Waals surface area contributed by atoms with Crippen molar-refractivity contribution in [2.75, 3.05) is 33.4 Å². The van der Waals surface area contributed by atoms with E-state index in [9.17, 15) is 8.42 Å². The molecule has 1 spiro atoms. The molecule has 0 bridgehead atoms. The molecule has 0 saturated carbocycles. The topological polar surface area (TPSA) is 65.1 Å². The summed E-state index contributed by atoms with van der Waals surface area (Å²) in [6.07, 6.45) is 1.96. The van der Waals surface area contributed by atoms with Gasteiger partial charge in [-0.2, -0.15) is 4.31 Å². The monoisotopic (exact) mass is 361 g/mol. The molecule has 0 amide bonds. The number of ether oxygens (including phenoxy) is 3. The summed E-state index contributed by atoms with van der Waals surface area (Å²) in [7, 11) is -2.09. The minimum absolute atomic E-state index is 0.171. The molecule has 0 unspecified atom stereocenters. The average molecular weight is 362 g/mol. The van der Waals surface area contributed by atoms with Crippen molar-refractivity contribution in [3.63, 3.8) is 0 Å². The second-order valence-electron chi connectivity index (χ2n) is 5.66. The van der Waals surface area contributed by atoms with Crippen LogP contribution in [0.15, 0.2) is 23.1 Å². The number of hydrogen-bond acceptors (Lipinski definition) is 5. The minimum Gasteiger partial charge on any atom is -0.495 e. The molecule has 0 aromatic heterocycles. The average Bonchev–Trinajstić information content (AvgIpc) is 2.56. The van der Waals surface area contributed by atoms with Gasteiger partial charge in [0.05, 0.1) is 30.2 Å². The van der Waals surface area contributed by atoms with Gasteiger partial charge in [0.2, 0.25) is 10.0 Å². The van der Waals surface area contributed by atoms with E-state index in [1.54, 1.807) is 6.07 Å². The van der Waals surface area contributed by atoms with Crippen LogP contribution in [-0.2, 0) is 19.5 Å². The molecular weight excluding hydrogens is 342 g/mol. The highest BCUT2D eigenvalue weighted by Crippen LogP contribution is 2.34. The lowest BCUT2D eigenvalue weighted by Crippen LogP contribution is -2.51. The second kappa shape index (κ2) is 6.57. The van der Waals surface area contributed by atoms with Crippen molar-refractivity contribution < 1.29 is 22.6 Å². The van der Waals surface area contributed by atoms with Crippen molar-refractivity contribution in [3.05, 3.63) is 23.2 Å². The van der Waals surface area contributed by atoms with E-state index in [-0.39, 0.29) is 9.92 Å². The van der Waals surface area contributed by atoms with Crippen LogP contribution in [0.1, 0.15) is 19.3 Å². The normalized spacial score (nSPS) is 22.2. The summed E-state index contributed by atoms with van der Waals surface area (Å²) in [5.41, 5.74) is 0. The van der Waals surface area contributed by atoms with Crippen molar-refractivity contribution in [2.45, 2.75) is 29.9 Å². The quantitative estimate of drug-likeness (QED) is 0.826. The van der Waals surface area contributed by atoms with Gasteiger partial charge in [0.1, 0.15) is 5.75 Å². The molecule has 0 atom stereocenters. The molecule has 3 rings (SSSR count). The molecule has 128 valence electrons. The van der Waals surface area contributed by atoms with E-state index in [0.717, 1.165) is 6.42 Å². The Morgan fingerprint density at radius 3 is 2.43 bits per heavy atom. The third kappa shape index (κ3) is 3.34. The Morgan fingerprint density at radius 2 is 1.87 bits per heavy atom. The van der Waals surface area contributed by atoms with E-state index in [2.05, 4.69) is 0 Å². The fourth-order valence-corrected chi connectivity index (χ4v) is 4.72. The Morgan fingerprint density at radius 1 is 1.22 bits per heavy atom. The van der Waals surface area contributed by atoms with Crippen LogP contribution in [-0.4, -0.2) is 51.9 Å². The summed E-state index contributed by atoms with van der Waals surface area (Å²) in [6, 6.07) is 4.50. The van der Waals surface area contributed by atoms with E-state index < -0.39 is 15.8 Å². The molecule has 6 nitrogen and oxygen atoms in total. The van der Waals surface area contributed by atoms with Gasteiger partial charge in [0.25, 0.3) is 0 Å². The van der Waals surface area contributed by atoms with Crippen LogP contribution in [0.4, 0.5) is 0 Å². The second-order valence-corrected chi connectivity index (χ2v) is 8.01. The number of piperidine rings is 1. The first-order valence-corrected chi connectivity index (χ1v) is 9.40. The molecule has 0 N–H and O–H groups in total. The maximum Gasteiger partial charge on any atom is 0.243 e. The summed E-state index contributed by atoms with van der Waals surface area (Å²) in [4.78, 5) is 0.171. The Bertz CT molecular complexity index is 662. The number of methoxy groups -OCH3 is 1. The zero-order chi connectivity index (χ0) is 16.5. The molecular formula is C15H20ClNO5S. The molecule has 1 aromatic carbocycles. The van der Waals surface area contributed by atoms with Gasteiger partial charge in [0.15, 0.2) is 5.79 Å². The molecule has 2 fully saturated rings. The van der Waals surface area contributed by atoms with Crippen LogP contribution < -0.4 is 4.74 Å². The predicted octanol–water partition coefficient (Wildman–Crippen LogP) is 2.27. The number of hydrogen-bond donors (Lipinski definition) is 0.